The largest absolute Gasteiger partial charge is 0.338 e. The number of nitro benzene ring substituents is 1. The SMILES string of the molecule is Cc1cc(NC(=O)CN2CCN(S(=O)(=O)c3ccc([N+](=O)[O-])cc3)CC2)on1. The number of aryl methyl sites for hydroxylation is 1. The Balaban J connectivity index is 1.55. The molecule has 1 aliphatic heterocycles. The van der Waals surface area contributed by atoms with Crippen LogP contribution in [0.2, 0.25) is 0 Å². The number of benzene rings is 1. The summed E-state index contributed by atoms with van der Waals surface area (Å²) in [6, 6.07) is 6.39. The number of hydrogen-bond donors (Lipinski definition) is 1. The number of non-ortho nitro benzene ring substituents is 1. The van der Waals surface area contributed by atoms with Crippen molar-refractivity contribution in [1.29, 1.82) is 0 Å². The van der Waals surface area contributed by atoms with Gasteiger partial charge in [0.05, 0.1) is 22.1 Å². The van der Waals surface area contributed by atoms with Crippen LogP contribution in [0.5, 0.6) is 0 Å². The van der Waals surface area contributed by atoms with Gasteiger partial charge in [0, 0.05) is 44.4 Å². The van der Waals surface area contributed by atoms with E-state index in [1.54, 1.807) is 13.0 Å². The second kappa shape index (κ2) is 8.04. The fourth-order valence-electron chi connectivity index (χ4n) is 2.82. The highest BCUT2D eigenvalue weighted by atomic mass is 32.2. The molecule has 0 spiro atoms. The summed E-state index contributed by atoms with van der Waals surface area (Å²) < 4.78 is 31.6. The molecule has 11 nitrogen and oxygen atoms in total. The molecule has 1 N–H and O–H groups in total. The van der Waals surface area contributed by atoms with Gasteiger partial charge in [-0.2, -0.15) is 4.31 Å². The number of carbonyl (C=O) groups excluding carboxylic acids is 1. The number of nitrogens with zero attached hydrogens (tertiary/aromatic N) is 4. The molecule has 28 heavy (non-hydrogen) atoms. The summed E-state index contributed by atoms with van der Waals surface area (Å²) in [5, 5.41) is 17.0. The van der Waals surface area contributed by atoms with Gasteiger partial charge in [-0.15, -0.1) is 0 Å². The van der Waals surface area contributed by atoms with E-state index >= 15 is 0 Å². The highest BCUT2D eigenvalue weighted by Crippen LogP contribution is 2.20. The van der Waals surface area contributed by atoms with Crippen molar-refractivity contribution in [3.05, 3.63) is 46.1 Å². The van der Waals surface area contributed by atoms with Crippen molar-refractivity contribution in [3.63, 3.8) is 0 Å². The summed E-state index contributed by atoms with van der Waals surface area (Å²) in [7, 11) is -3.74. The minimum atomic E-state index is -3.74. The monoisotopic (exact) mass is 409 g/mol. The number of hydrogen-bond acceptors (Lipinski definition) is 8. The van der Waals surface area contributed by atoms with Gasteiger partial charge in [0.2, 0.25) is 21.8 Å². The van der Waals surface area contributed by atoms with Crippen LogP contribution in [0.1, 0.15) is 5.69 Å². The van der Waals surface area contributed by atoms with Gasteiger partial charge in [-0.1, -0.05) is 5.16 Å². The van der Waals surface area contributed by atoms with E-state index in [-0.39, 0.29) is 42.0 Å². The van der Waals surface area contributed by atoms with Gasteiger partial charge in [0.15, 0.2) is 0 Å². The van der Waals surface area contributed by atoms with Crippen molar-refractivity contribution in [2.45, 2.75) is 11.8 Å². The third-order valence-electron chi connectivity index (χ3n) is 4.27. The number of nitro groups is 1. The Hall–Kier alpha value is -2.83. The molecule has 1 fully saturated rings. The molecule has 0 aliphatic carbocycles. The first-order valence-electron chi connectivity index (χ1n) is 8.46. The van der Waals surface area contributed by atoms with Crippen LogP contribution in [-0.2, 0) is 14.8 Å². The summed E-state index contributed by atoms with van der Waals surface area (Å²) in [6.45, 7) is 3.04. The first-order chi connectivity index (χ1) is 13.3. The molecule has 0 unspecified atom stereocenters. The summed E-state index contributed by atoms with van der Waals surface area (Å²) >= 11 is 0. The Morgan fingerprint density at radius 2 is 1.89 bits per heavy atom. The third kappa shape index (κ3) is 4.52. The van der Waals surface area contributed by atoms with Crippen molar-refractivity contribution in [2.24, 2.45) is 0 Å². The zero-order chi connectivity index (χ0) is 20.3. The molecule has 0 radical (unpaired) electrons. The maximum atomic E-state index is 12.7. The van der Waals surface area contributed by atoms with Crippen molar-refractivity contribution in [1.82, 2.24) is 14.4 Å². The predicted molar refractivity (Wildman–Crippen MR) is 98.2 cm³/mol. The number of piperazine rings is 1. The van der Waals surface area contributed by atoms with Crippen molar-refractivity contribution in [2.75, 3.05) is 38.0 Å². The number of nitrogens with one attached hydrogen (secondary N) is 1. The maximum Gasteiger partial charge on any atom is 0.269 e. The zero-order valence-corrected chi connectivity index (χ0v) is 15.9. The predicted octanol–water partition coefficient (Wildman–Crippen LogP) is 0.836. The Bertz CT molecular complexity index is 964. The quantitative estimate of drug-likeness (QED) is 0.547. The second-order valence-corrected chi connectivity index (χ2v) is 8.25. The summed E-state index contributed by atoms with van der Waals surface area (Å²) in [5.74, 6) is -0.00953. The number of sulfonamides is 1. The molecule has 1 saturated heterocycles. The number of rotatable bonds is 6. The standard InChI is InChI=1S/C16H19N5O6S/c1-12-10-16(27-18-12)17-15(22)11-19-6-8-20(9-7-19)28(25,26)14-4-2-13(3-5-14)21(23)24/h2-5,10H,6-9,11H2,1H3,(H,17,22). The van der Waals surface area contributed by atoms with Gasteiger partial charge in [0.1, 0.15) is 0 Å². The molecule has 0 atom stereocenters. The number of carbonyl (C=O) groups is 1. The molecule has 1 amide bonds. The lowest BCUT2D eigenvalue weighted by Gasteiger charge is -2.33. The van der Waals surface area contributed by atoms with E-state index in [0.717, 1.165) is 0 Å². The van der Waals surface area contributed by atoms with E-state index in [1.807, 2.05) is 4.90 Å². The summed E-state index contributed by atoms with van der Waals surface area (Å²) in [4.78, 5) is 24.0. The first-order valence-corrected chi connectivity index (χ1v) is 9.90. The fraction of sp³-hybridized carbons (Fsp3) is 0.375. The number of amides is 1. The van der Waals surface area contributed by atoms with Crippen LogP contribution >= 0.6 is 0 Å². The van der Waals surface area contributed by atoms with E-state index in [4.69, 9.17) is 4.52 Å². The Kier molecular flexibility index (Phi) is 5.72. The van der Waals surface area contributed by atoms with Crippen molar-refractivity contribution < 1.29 is 22.7 Å². The molecule has 1 aromatic heterocycles. The number of anilines is 1. The Morgan fingerprint density at radius 1 is 1.25 bits per heavy atom. The molecule has 1 aliphatic rings. The molecule has 2 heterocycles. The lowest BCUT2D eigenvalue weighted by molar-refractivity contribution is -0.384. The van der Waals surface area contributed by atoms with Crippen LogP contribution in [-0.4, -0.2) is 66.3 Å². The third-order valence-corrected chi connectivity index (χ3v) is 6.19. The molecular formula is C16H19N5O6S. The lowest BCUT2D eigenvalue weighted by Crippen LogP contribution is -2.50. The summed E-state index contributed by atoms with van der Waals surface area (Å²) in [6.07, 6.45) is 0. The highest BCUT2D eigenvalue weighted by molar-refractivity contribution is 7.89. The topological polar surface area (TPSA) is 139 Å². The van der Waals surface area contributed by atoms with Gasteiger partial charge < -0.3 is 4.52 Å². The average molecular weight is 409 g/mol. The smallest absolute Gasteiger partial charge is 0.269 e. The molecule has 1 aromatic carbocycles. The highest BCUT2D eigenvalue weighted by Gasteiger charge is 2.29. The molecule has 0 saturated carbocycles. The molecule has 0 bridgehead atoms. The molecule has 2 aromatic rings. The van der Waals surface area contributed by atoms with E-state index in [9.17, 15) is 23.3 Å². The van der Waals surface area contributed by atoms with E-state index in [2.05, 4.69) is 10.5 Å². The van der Waals surface area contributed by atoms with Gasteiger partial charge in [0.25, 0.3) is 5.69 Å². The fourth-order valence-corrected chi connectivity index (χ4v) is 4.24. The van der Waals surface area contributed by atoms with Gasteiger partial charge in [-0.3, -0.25) is 25.1 Å². The molecular weight excluding hydrogens is 390 g/mol. The maximum absolute atomic E-state index is 12.7. The summed E-state index contributed by atoms with van der Waals surface area (Å²) in [5.41, 5.74) is 0.483. The first kappa shape index (κ1) is 19.9. The van der Waals surface area contributed by atoms with Gasteiger partial charge in [-0.05, 0) is 19.1 Å². The zero-order valence-electron chi connectivity index (χ0n) is 15.1. The van der Waals surface area contributed by atoms with E-state index in [0.29, 0.717) is 18.8 Å². The van der Waals surface area contributed by atoms with E-state index in [1.165, 1.54) is 28.6 Å². The van der Waals surface area contributed by atoms with Crippen LogP contribution in [0.3, 0.4) is 0 Å². The Morgan fingerprint density at radius 3 is 2.43 bits per heavy atom. The van der Waals surface area contributed by atoms with Crippen LogP contribution < -0.4 is 5.32 Å². The average Bonchev–Trinajstić information content (AvgIpc) is 3.06. The van der Waals surface area contributed by atoms with Gasteiger partial charge >= 0.3 is 0 Å². The number of aromatic nitrogens is 1. The molecule has 3 rings (SSSR count). The minimum absolute atomic E-state index is 0.00461. The Labute approximate surface area is 161 Å². The van der Waals surface area contributed by atoms with Crippen LogP contribution in [0.25, 0.3) is 0 Å². The molecule has 150 valence electrons. The molecule has 12 heteroatoms. The van der Waals surface area contributed by atoms with Crippen molar-refractivity contribution >= 4 is 27.5 Å². The lowest BCUT2D eigenvalue weighted by atomic mass is 10.3. The van der Waals surface area contributed by atoms with E-state index < -0.39 is 14.9 Å². The van der Waals surface area contributed by atoms with Gasteiger partial charge in [-0.25, -0.2) is 8.42 Å². The second-order valence-electron chi connectivity index (χ2n) is 6.31. The van der Waals surface area contributed by atoms with Crippen LogP contribution in [0.15, 0.2) is 39.8 Å². The van der Waals surface area contributed by atoms with Crippen molar-refractivity contribution in [3.8, 4) is 0 Å². The van der Waals surface area contributed by atoms with Crippen LogP contribution in [0, 0.1) is 17.0 Å². The normalized spacial score (nSPS) is 16.0. The van der Waals surface area contributed by atoms with Crippen LogP contribution in [0.4, 0.5) is 11.6 Å². The minimum Gasteiger partial charge on any atom is -0.338 e.